The summed E-state index contributed by atoms with van der Waals surface area (Å²) in [4.78, 5) is 3.51. The number of aliphatic imine (C=N–C) groups is 1. The largest absolute Gasteiger partial charge is 0.454 e. The molecule has 0 atom stereocenters. The molecular formula is C4H7NO. The molecule has 0 aliphatic rings. The molecule has 0 bridgehead atoms. The molecule has 0 fully saturated rings. The van der Waals surface area contributed by atoms with Gasteiger partial charge in [-0.3, -0.25) is 4.99 Å². The highest BCUT2D eigenvalue weighted by Gasteiger charge is 1.53. The van der Waals surface area contributed by atoms with Gasteiger partial charge in [-0.1, -0.05) is 6.58 Å². The molecule has 0 amide bonds. The lowest BCUT2D eigenvalue weighted by atomic mass is 11.1. The van der Waals surface area contributed by atoms with Gasteiger partial charge in [0.2, 0.25) is 0 Å². The maximum Gasteiger partial charge on any atom is 0.175 e. The lowest BCUT2D eigenvalue weighted by Crippen LogP contribution is -1.70. The molecule has 0 saturated carbocycles. The quantitative estimate of drug-likeness (QED) is 0.276. The molecule has 0 aromatic heterocycles. The van der Waals surface area contributed by atoms with E-state index in [1.165, 1.54) is 12.7 Å². The predicted molar refractivity (Wildman–Crippen MR) is 25.7 cm³/mol. The zero-order valence-corrected chi connectivity index (χ0v) is 3.72. The Balaban J connectivity index is 2.85. The van der Waals surface area contributed by atoms with Crippen LogP contribution >= 0.6 is 0 Å². The topological polar surface area (TPSA) is 21.6 Å². The third-order valence-electron chi connectivity index (χ3n) is 0.262. The minimum absolute atomic E-state index is 1.31. The van der Waals surface area contributed by atoms with Crippen molar-refractivity contribution in [2.24, 2.45) is 4.99 Å². The van der Waals surface area contributed by atoms with Crippen molar-refractivity contribution in [2.75, 3.05) is 7.05 Å². The molecule has 0 aliphatic heterocycles. The Kier molecular flexibility index (Phi) is 3.66. The Morgan fingerprint density at radius 2 is 2.50 bits per heavy atom. The van der Waals surface area contributed by atoms with Gasteiger partial charge in [-0.2, -0.15) is 0 Å². The van der Waals surface area contributed by atoms with E-state index >= 15 is 0 Å². The Hall–Kier alpha value is -0.790. The first-order valence-electron chi connectivity index (χ1n) is 1.59. The highest BCUT2D eigenvalue weighted by Crippen LogP contribution is 1.61. The maximum atomic E-state index is 4.45. The molecule has 0 unspecified atom stereocenters. The number of hydrogen-bond acceptors (Lipinski definition) is 2. The molecule has 0 radical (unpaired) electrons. The van der Waals surface area contributed by atoms with Gasteiger partial charge in [-0.15, -0.1) is 0 Å². The van der Waals surface area contributed by atoms with E-state index in [2.05, 4.69) is 16.3 Å². The summed E-state index contributed by atoms with van der Waals surface area (Å²) in [5, 5.41) is 0. The Morgan fingerprint density at radius 1 is 1.83 bits per heavy atom. The molecule has 0 saturated heterocycles. The fraction of sp³-hybridized carbons (Fsp3) is 0.250. The van der Waals surface area contributed by atoms with Crippen molar-refractivity contribution in [1.29, 1.82) is 0 Å². The standard InChI is InChI=1S/C4H7NO/c1-3-6-4-5-2/h3-4H,1H2,2H3. The van der Waals surface area contributed by atoms with Crippen molar-refractivity contribution < 1.29 is 4.74 Å². The average Bonchev–Trinajstić information content (AvgIpc) is 1.61. The van der Waals surface area contributed by atoms with E-state index in [9.17, 15) is 0 Å². The number of hydrogen-bond donors (Lipinski definition) is 0. The van der Waals surface area contributed by atoms with Crippen LogP contribution in [0.4, 0.5) is 0 Å². The maximum absolute atomic E-state index is 4.45. The van der Waals surface area contributed by atoms with Crippen LogP contribution in [0.5, 0.6) is 0 Å². The lowest BCUT2D eigenvalue weighted by Gasteiger charge is -1.78. The van der Waals surface area contributed by atoms with E-state index in [1.807, 2.05) is 0 Å². The van der Waals surface area contributed by atoms with Crippen LogP contribution in [0.15, 0.2) is 17.8 Å². The van der Waals surface area contributed by atoms with E-state index in [-0.39, 0.29) is 0 Å². The number of ether oxygens (including phenoxy) is 1. The summed E-state index contributed by atoms with van der Waals surface area (Å²) in [7, 11) is 1.63. The molecule has 2 heteroatoms. The minimum Gasteiger partial charge on any atom is -0.454 e. The van der Waals surface area contributed by atoms with Crippen molar-refractivity contribution >= 4 is 6.40 Å². The second kappa shape index (κ2) is 4.21. The Labute approximate surface area is 37.2 Å². The molecular weight excluding hydrogens is 78.0 g/mol. The monoisotopic (exact) mass is 85.1 g/mol. The van der Waals surface area contributed by atoms with Gasteiger partial charge in [-0.05, 0) is 0 Å². The average molecular weight is 85.1 g/mol. The molecule has 0 aromatic rings. The summed E-state index contributed by atoms with van der Waals surface area (Å²) in [5.74, 6) is 0. The summed E-state index contributed by atoms with van der Waals surface area (Å²) < 4.78 is 4.45. The third kappa shape index (κ3) is 3.21. The van der Waals surface area contributed by atoms with Gasteiger partial charge in [-0.25, -0.2) is 0 Å². The molecule has 0 rings (SSSR count). The van der Waals surface area contributed by atoms with Crippen molar-refractivity contribution in [3.05, 3.63) is 12.8 Å². The molecule has 2 nitrogen and oxygen atoms in total. The molecule has 0 heterocycles. The van der Waals surface area contributed by atoms with Gasteiger partial charge in [0.1, 0.15) is 0 Å². The SMILES string of the molecule is C=COC=NC. The normalized spacial score (nSPS) is 8.83. The van der Waals surface area contributed by atoms with Crippen LogP contribution in [0.3, 0.4) is 0 Å². The summed E-state index contributed by atoms with van der Waals surface area (Å²) in [6, 6.07) is 0. The highest BCUT2D eigenvalue weighted by molar-refractivity contribution is 5.46. The molecule has 0 spiro atoms. The minimum atomic E-state index is 1.31. The summed E-state index contributed by atoms with van der Waals surface area (Å²) >= 11 is 0. The summed E-state index contributed by atoms with van der Waals surface area (Å²) in [6.07, 6.45) is 2.62. The van der Waals surface area contributed by atoms with Gasteiger partial charge in [0.25, 0.3) is 0 Å². The zero-order chi connectivity index (χ0) is 4.83. The highest BCUT2D eigenvalue weighted by atomic mass is 16.5. The summed E-state index contributed by atoms with van der Waals surface area (Å²) in [6.45, 7) is 3.28. The van der Waals surface area contributed by atoms with Crippen LogP contribution in [0.1, 0.15) is 0 Å². The third-order valence-corrected chi connectivity index (χ3v) is 0.262. The van der Waals surface area contributed by atoms with Crippen LogP contribution in [-0.2, 0) is 4.74 Å². The van der Waals surface area contributed by atoms with Crippen molar-refractivity contribution in [3.8, 4) is 0 Å². The molecule has 34 valence electrons. The van der Waals surface area contributed by atoms with Crippen LogP contribution in [0.2, 0.25) is 0 Å². The smallest absolute Gasteiger partial charge is 0.175 e. The van der Waals surface area contributed by atoms with Gasteiger partial charge in [0, 0.05) is 7.05 Å². The second-order valence-corrected chi connectivity index (χ2v) is 0.666. The molecule has 0 aromatic carbocycles. The fourth-order valence-electron chi connectivity index (χ4n) is 0.104. The second-order valence-electron chi connectivity index (χ2n) is 0.666. The van der Waals surface area contributed by atoms with E-state index in [0.29, 0.717) is 0 Å². The first-order valence-corrected chi connectivity index (χ1v) is 1.59. The summed E-state index contributed by atoms with van der Waals surface area (Å²) in [5.41, 5.74) is 0. The zero-order valence-electron chi connectivity index (χ0n) is 3.72. The van der Waals surface area contributed by atoms with Crippen molar-refractivity contribution in [1.82, 2.24) is 0 Å². The molecule has 6 heavy (non-hydrogen) atoms. The van der Waals surface area contributed by atoms with Crippen LogP contribution in [0.25, 0.3) is 0 Å². The van der Waals surface area contributed by atoms with Gasteiger partial charge in [0.05, 0.1) is 6.26 Å². The Morgan fingerprint density at radius 3 is 2.67 bits per heavy atom. The number of nitrogens with zero attached hydrogens (tertiary/aromatic N) is 1. The lowest BCUT2D eigenvalue weighted by molar-refractivity contribution is 0.495. The van der Waals surface area contributed by atoms with Crippen LogP contribution in [0, 0.1) is 0 Å². The van der Waals surface area contributed by atoms with Crippen molar-refractivity contribution in [2.45, 2.75) is 0 Å². The van der Waals surface area contributed by atoms with E-state index in [0.717, 1.165) is 0 Å². The van der Waals surface area contributed by atoms with Gasteiger partial charge < -0.3 is 4.74 Å². The van der Waals surface area contributed by atoms with E-state index in [1.54, 1.807) is 7.05 Å². The van der Waals surface area contributed by atoms with Crippen LogP contribution < -0.4 is 0 Å². The number of rotatable bonds is 2. The fourth-order valence-corrected chi connectivity index (χ4v) is 0.104. The van der Waals surface area contributed by atoms with Crippen molar-refractivity contribution in [3.63, 3.8) is 0 Å². The van der Waals surface area contributed by atoms with Gasteiger partial charge >= 0.3 is 0 Å². The van der Waals surface area contributed by atoms with Crippen LogP contribution in [-0.4, -0.2) is 13.4 Å². The first-order chi connectivity index (χ1) is 2.91. The first kappa shape index (κ1) is 5.21. The van der Waals surface area contributed by atoms with E-state index in [4.69, 9.17) is 0 Å². The van der Waals surface area contributed by atoms with E-state index < -0.39 is 0 Å². The molecule has 0 N–H and O–H groups in total. The Bertz CT molecular complexity index is 58.6. The molecule has 0 aliphatic carbocycles. The predicted octanol–water partition coefficient (Wildman–Crippen LogP) is 0.805. The van der Waals surface area contributed by atoms with Gasteiger partial charge in [0.15, 0.2) is 6.40 Å².